The maximum Gasteiger partial charge on any atom is 0.407 e. The summed E-state index contributed by atoms with van der Waals surface area (Å²) < 4.78 is 6.57. The zero-order chi connectivity index (χ0) is 18.9. The molecule has 3 rings (SSSR count). The molecule has 6 nitrogen and oxygen atoms in total. The fourth-order valence-electron chi connectivity index (χ4n) is 3.20. The number of nitrogens with zero attached hydrogens (tertiary/aromatic N) is 1. The van der Waals surface area contributed by atoms with Gasteiger partial charge in [0.05, 0.1) is 11.1 Å². The van der Waals surface area contributed by atoms with Crippen LogP contribution in [0.3, 0.4) is 0 Å². The number of nitrogens with one attached hydrogen (secondary N) is 1. The zero-order valence-corrected chi connectivity index (χ0v) is 16.1. The van der Waals surface area contributed by atoms with Crippen LogP contribution in [-0.2, 0) is 4.74 Å². The second-order valence-corrected chi connectivity index (χ2v) is 8.92. The van der Waals surface area contributed by atoms with Gasteiger partial charge >= 0.3 is 6.09 Å². The van der Waals surface area contributed by atoms with Gasteiger partial charge in [-0.2, -0.15) is 0 Å². The molecule has 0 bridgehead atoms. The third-order valence-electron chi connectivity index (χ3n) is 4.41. The van der Waals surface area contributed by atoms with Crippen LogP contribution in [0.5, 0.6) is 0 Å². The van der Waals surface area contributed by atoms with Gasteiger partial charge in [-0.3, -0.25) is 9.59 Å². The Hall–Kier alpha value is -2.02. The molecule has 140 valence electrons. The molecule has 2 aliphatic rings. The van der Waals surface area contributed by atoms with Crippen LogP contribution >= 0.6 is 11.9 Å². The van der Waals surface area contributed by atoms with Crippen LogP contribution in [0.1, 0.15) is 67.2 Å². The number of ether oxygens (including phenoxy) is 1. The van der Waals surface area contributed by atoms with E-state index in [2.05, 4.69) is 5.32 Å². The summed E-state index contributed by atoms with van der Waals surface area (Å²) in [5, 5.41) is 3.09. The molecular formula is C19H24N2O4S. The first-order valence-electron chi connectivity index (χ1n) is 8.89. The highest BCUT2D eigenvalue weighted by molar-refractivity contribution is 7.98. The molecule has 26 heavy (non-hydrogen) atoms. The minimum absolute atomic E-state index is 0.0730. The van der Waals surface area contributed by atoms with Gasteiger partial charge in [-0.1, -0.05) is 12.1 Å². The SMILES string of the molecule is CC(C)(C)OC(=O)NC1CCC(SN2C(=O)c3ccccc3C2=O)CC1. The van der Waals surface area contributed by atoms with Crippen LogP contribution in [0.2, 0.25) is 0 Å². The molecule has 0 aromatic heterocycles. The second kappa shape index (κ2) is 7.31. The quantitative estimate of drug-likeness (QED) is 0.642. The largest absolute Gasteiger partial charge is 0.444 e. The second-order valence-electron chi connectivity index (χ2n) is 7.68. The molecule has 1 aromatic rings. The molecule has 0 spiro atoms. The standard InChI is InChI=1S/C19H24N2O4S/c1-19(2,3)25-18(24)20-12-8-10-13(11-9-12)26-21-16(22)14-6-4-5-7-15(14)17(21)23/h4-7,12-13H,8-11H2,1-3H3,(H,20,24). The van der Waals surface area contributed by atoms with E-state index in [1.807, 2.05) is 20.8 Å². The van der Waals surface area contributed by atoms with Gasteiger partial charge < -0.3 is 10.1 Å². The predicted molar refractivity (Wildman–Crippen MR) is 99.9 cm³/mol. The summed E-state index contributed by atoms with van der Waals surface area (Å²) in [6.07, 6.45) is 2.88. The van der Waals surface area contributed by atoms with E-state index in [9.17, 15) is 14.4 Å². The monoisotopic (exact) mass is 376 g/mol. The van der Waals surface area contributed by atoms with Gasteiger partial charge in [0.1, 0.15) is 5.60 Å². The van der Waals surface area contributed by atoms with E-state index < -0.39 is 11.7 Å². The smallest absolute Gasteiger partial charge is 0.407 e. The van der Waals surface area contributed by atoms with Crippen molar-refractivity contribution in [3.8, 4) is 0 Å². The number of carbonyl (C=O) groups excluding carboxylic acids is 3. The minimum Gasteiger partial charge on any atom is -0.444 e. The van der Waals surface area contributed by atoms with Gasteiger partial charge in [0, 0.05) is 11.3 Å². The number of hydrogen-bond acceptors (Lipinski definition) is 5. The molecule has 1 N–H and O–H groups in total. The lowest BCUT2D eigenvalue weighted by atomic mass is 9.95. The summed E-state index contributed by atoms with van der Waals surface area (Å²) >= 11 is 1.32. The Morgan fingerprint density at radius 2 is 1.62 bits per heavy atom. The van der Waals surface area contributed by atoms with Crippen molar-refractivity contribution in [1.82, 2.24) is 9.62 Å². The van der Waals surface area contributed by atoms with Crippen LogP contribution in [0.15, 0.2) is 24.3 Å². The van der Waals surface area contributed by atoms with Crippen LogP contribution in [0.25, 0.3) is 0 Å². The van der Waals surface area contributed by atoms with E-state index in [-0.39, 0.29) is 23.1 Å². The average Bonchev–Trinajstić information content (AvgIpc) is 2.80. The number of amides is 3. The van der Waals surface area contributed by atoms with Crippen LogP contribution in [-0.4, -0.2) is 39.1 Å². The van der Waals surface area contributed by atoms with Crippen molar-refractivity contribution in [1.29, 1.82) is 0 Å². The maximum absolute atomic E-state index is 12.4. The van der Waals surface area contributed by atoms with Crippen molar-refractivity contribution in [3.63, 3.8) is 0 Å². The lowest BCUT2D eigenvalue weighted by Crippen LogP contribution is -2.41. The summed E-state index contributed by atoms with van der Waals surface area (Å²) in [4.78, 5) is 36.7. The van der Waals surface area contributed by atoms with Crippen molar-refractivity contribution in [3.05, 3.63) is 35.4 Å². The van der Waals surface area contributed by atoms with Crippen molar-refractivity contribution in [2.24, 2.45) is 0 Å². The van der Waals surface area contributed by atoms with E-state index in [1.165, 1.54) is 16.3 Å². The molecule has 0 unspecified atom stereocenters. The Kier molecular flexibility index (Phi) is 5.27. The molecule has 7 heteroatoms. The van der Waals surface area contributed by atoms with Gasteiger partial charge in [-0.15, -0.1) is 0 Å². The van der Waals surface area contributed by atoms with Gasteiger partial charge in [0.2, 0.25) is 0 Å². The first-order valence-corrected chi connectivity index (χ1v) is 9.72. The fraction of sp³-hybridized carbons (Fsp3) is 0.526. The van der Waals surface area contributed by atoms with Gasteiger partial charge in [-0.05, 0) is 70.5 Å². The van der Waals surface area contributed by atoms with Gasteiger partial charge in [0.15, 0.2) is 0 Å². The highest BCUT2D eigenvalue weighted by Gasteiger charge is 2.38. The number of rotatable bonds is 3. The summed E-state index contributed by atoms with van der Waals surface area (Å²) in [5.74, 6) is -0.464. The highest BCUT2D eigenvalue weighted by atomic mass is 32.2. The minimum atomic E-state index is -0.511. The Morgan fingerprint density at radius 1 is 1.08 bits per heavy atom. The van der Waals surface area contributed by atoms with Gasteiger partial charge in [-0.25, -0.2) is 9.10 Å². The molecule has 1 heterocycles. The summed E-state index contributed by atoms with van der Waals surface area (Å²) in [6, 6.07) is 7.00. The normalized spacial score (nSPS) is 23.0. The molecular weight excluding hydrogens is 352 g/mol. The number of alkyl carbamates (subject to hydrolysis) is 1. The Balaban J connectivity index is 1.50. The molecule has 3 amide bonds. The number of benzene rings is 1. The number of imide groups is 1. The van der Waals surface area contributed by atoms with E-state index >= 15 is 0 Å². The molecule has 1 fully saturated rings. The number of fused-ring (bicyclic) bond motifs is 1. The Morgan fingerprint density at radius 3 is 2.12 bits per heavy atom. The Labute approximate surface area is 157 Å². The van der Waals surface area contributed by atoms with Crippen molar-refractivity contribution in [2.45, 2.75) is 63.3 Å². The first-order chi connectivity index (χ1) is 12.2. The van der Waals surface area contributed by atoms with Crippen molar-refractivity contribution in [2.75, 3.05) is 0 Å². The van der Waals surface area contributed by atoms with E-state index in [4.69, 9.17) is 4.74 Å². The molecule has 1 saturated carbocycles. The van der Waals surface area contributed by atoms with E-state index in [0.717, 1.165) is 25.7 Å². The van der Waals surface area contributed by atoms with Crippen molar-refractivity contribution < 1.29 is 19.1 Å². The van der Waals surface area contributed by atoms with Crippen LogP contribution in [0, 0.1) is 0 Å². The third kappa shape index (κ3) is 4.20. The highest BCUT2D eigenvalue weighted by Crippen LogP contribution is 2.36. The lowest BCUT2D eigenvalue weighted by Gasteiger charge is -2.30. The van der Waals surface area contributed by atoms with E-state index in [1.54, 1.807) is 24.3 Å². The number of hydrogen-bond donors (Lipinski definition) is 1. The van der Waals surface area contributed by atoms with Crippen LogP contribution in [0.4, 0.5) is 4.79 Å². The first kappa shape index (κ1) is 18.8. The summed E-state index contributed by atoms with van der Waals surface area (Å²) in [5.41, 5.74) is 0.443. The zero-order valence-electron chi connectivity index (χ0n) is 15.3. The fourth-order valence-corrected chi connectivity index (χ4v) is 4.37. The van der Waals surface area contributed by atoms with E-state index in [0.29, 0.717) is 11.1 Å². The summed E-state index contributed by atoms with van der Waals surface area (Å²) in [6.45, 7) is 5.51. The van der Waals surface area contributed by atoms with Crippen LogP contribution < -0.4 is 5.32 Å². The topological polar surface area (TPSA) is 75.7 Å². The molecule has 0 saturated heterocycles. The predicted octanol–water partition coefficient (Wildman–Crippen LogP) is 3.77. The molecule has 1 aliphatic carbocycles. The number of carbonyl (C=O) groups is 3. The lowest BCUT2D eigenvalue weighted by molar-refractivity contribution is 0.0493. The van der Waals surface area contributed by atoms with Crippen molar-refractivity contribution >= 4 is 29.9 Å². The average molecular weight is 376 g/mol. The molecule has 0 radical (unpaired) electrons. The maximum atomic E-state index is 12.4. The summed E-state index contributed by atoms with van der Waals surface area (Å²) in [7, 11) is 0. The Bertz CT molecular complexity index is 685. The third-order valence-corrected chi connectivity index (χ3v) is 5.72. The molecule has 1 aromatic carbocycles. The molecule has 0 atom stereocenters. The van der Waals surface area contributed by atoms with Gasteiger partial charge in [0.25, 0.3) is 11.8 Å². The molecule has 1 aliphatic heterocycles.